The molecule has 0 saturated carbocycles. The molecular weight excluding hydrogens is 258 g/mol. The largest absolute Gasteiger partial charge is 0.493 e. The van der Waals surface area contributed by atoms with Crippen molar-refractivity contribution in [2.24, 2.45) is 0 Å². The Morgan fingerprint density at radius 1 is 1.35 bits per heavy atom. The van der Waals surface area contributed by atoms with Crippen molar-refractivity contribution in [2.45, 2.75) is 39.3 Å². The van der Waals surface area contributed by atoms with Crippen LogP contribution < -0.4 is 14.4 Å². The van der Waals surface area contributed by atoms with Crippen LogP contribution in [0.3, 0.4) is 0 Å². The highest BCUT2D eigenvalue weighted by molar-refractivity contribution is 6.04. The van der Waals surface area contributed by atoms with Crippen LogP contribution in [0.5, 0.6) is 11.5 Å². The number of carbonyl (C=O) groups excluding carboxylic acids is 2. The van der Waals surface area contributed by atoms with E-state index in [1.165, 1.54) is 7.11 Å². The SMILES string of the molecule is COc1cc(C=O)cc2c1OC(C)(C)C(=O)N2C(C)C. The van der Waals surface area contributed by atoms with Crippen LogP contribution in [0.4, 0.5) is 5.69 Å². The van der Waals surface area contributed by atoms with Gasteiger partial charge in [0, 0.05) is 11.6 Å². The third-order valence-corrected chi connectivity index (χ3v) is 3.28. The number of hydrogen-bond donors (Lipinski definition) is 0. The summed E-state index contributed by atoms with van der Waals surface area (Å²) < 4.78 is 11.1. The summed E-state index contributed by atoms with van der Waals surface area (Å²) in [4.78, 5) is 25.2. The Kier molecular flexibility index (Phi) is 3.46. The summed E-state index contributed by atoms with van der Waals surface area (Å²) in [6.45, 7) is 7.29. The van der Waals surface area contributed by atoms with Crippen molar-refractivity contribution >= 4 is 17.9 Å². The number of aldehydes is 1. The molecule has 0 atom stereocenters. The molecule has 1 aliphatic rings. The van der Waals surface area contributed by atoms with Gasteiger partial charge in [-0.15, -0.1) is 0 Å². The molecule has 0 saturated heterocycles. The molecular formula is C15H19NO4. The zero-order chi connectivity index (χ0) is 15.1. The zero-order valence-corrected chi connectivity index (χ0v) is 12.4. The van der Waals surface area contributed by atoms with Gasteiger partial charge in [-0.3, -0.25) is 9.59 Å². The van der Waals surface area contributed by atoms with Crippen LogP contribution >= 0.6 is 0 Å². The van der Waals surface area contributed by atoms with Crippen LogP contribution in [-0.2, 0) is 4.79 Å². The Morgan fingerprint density at radius 3 is 2.50 bits per heavy atom. The van der Waals surface area contributed by atoms with E-state index in [0.29, 0.717) is 22.7 Å². The van der Waals surface area contributed by atoms with Gasteiger partial charge in [0.2, 0.25) is 0 Å². The van der Waals surface area contributed by atoms with E-state index in [1.807, 2.05) is 13.8 Å². The first-order valence-corrected chi connectivity index (χ1v) is 6.51. The van der Waals surface area contributed by atoms with Gasteiger partial charge in [-0.1, -0.05) is 0 Å². The third kappa shape index (κ3) is 2.13. The lowest BCUT2D eigenvalue weighted by atomic mass is 10.0. The van der Waals surface area contributed by atoms with Gasteiger partial charge in [0.1, 0.15) is 6.29 Å². The van der Waals surface area contributed by atoms with E-state index >= 15 is 0 Å². The standard InChI is InChI=1S/C15H19NO4/c1-9(2)16-11-6-10(8-17)7-12(19-5)13(11)20-15(3,4)14(16)18/h6-9H,1-5H3. The van der Waals surface area contributed by atoms with Crippen molar-refractivity contribution in [3.63, 3.8) is 0 Å². The first-order valence-electron chi connectivity index (χ1n) is 6.51. The number of methoxy groups -OCH3 is 1. The molecule has 1 aromatic rings. The molecule has 5 heteroatoms. The van der Waals surface area contributed by atoms with Gasteiger partial charge in [-0.05, 0) is 39.8 Å². The second-order valence-electron chi connectivity index (χ2n) is 5.57. The quantitative estimate of drug-likeness (QED) is 0.796. The summed E-state index contributed by atoms with van der Waals surface area (Å²) in [6.07, 6.45) is 0.728. The van der Waals surface area contributed by atoms with Crippen LogP contribution in [0.25, 0.3) is 0 Å². The van der Waals surface area contributed by atoms with Crippen molar-refractivity contribution in [2.75, 3.05) is 12.0 Å². The van der Waals surface area contributed by atoms with Gasteiger partial charge in [0.05, 0.1) is 12.8 Å². The van der Waals surface area contributed by atoms with Crippen LogP contribution in [0.1, 0.15) is 38.1 Å². The number of rotatable bonds is 3. The van der Waals surface area contributed by atoms with E-state index in [9.17, 15) is 9.59 Å². The van der Waals surface area contributed by atoms with Crippen LogP contribution in [0.2, 0.25) is 0 Å². The summed E-state index contributed by atoms with van der Waals surface area (Å²) in [5, 5.41) is 0. The Labute approximate surface area is 118 Å². The number of benzene rings is 1. The number of anilines is 1. The van der Waals surface area contributed by atoms with E-state index in [1.54, 1.807) is 30.9 Å². The number of ether oxygens (including phenoxy) is 2. The average molecular weight is 277 g/mol. The summed E-state index contributed by atoms with van der Waals surface area (Å²) in [7, 11) is 1.51. The van der Waals surface area contributed by atoms with Crippen molar-refractivity contribution < 1.29 is 19.1 Å². The number of fused-ring (bicyclic) bond motifs is 1. The van der Waals surface area contributed by atoms with Gasteiger partial charge in [0.25, 0.3) is 5.91 Å². The molecule has 1 aliphatic heterocycles. The maximum absolute atomic E-state index is 12.5. The maximum Gasteiger partial charge on any atom is 0.270 e. The van der Waals surface area contributed by atoms with Crippen LogP contribution in [-0.4, -0.2) is 30.9 Å². The van der Waals surface area contributed by atoms with Crippen molar-refractivity contribution in [3.05, 3.63) is 17.7 Å². The van der Waals surface area contributed by atoms with E-state index in [2.05, 4.69) is 0 Å². The second kappa shape index (κ2) is 4.81. The van der Waals surface area contributed by atoms with Gasteiger partial charge in [0.15, 0.2) is 17.1 Å². The molecule has 108 valence electrons. The fourth-order valence-corrected chi connectivity index (χ4v) is 2.32. The lowest BCUT2D eigenvalue weighted by molar-refractivity contribution is -0.133. The molecule has 5 nitrogen and oxygen atoms in total. The molecule has 0 fully saturated rings. The number of nitrogens with zero attached hydrogens (tertiary/aromatic N) is 1. The number of carbonyl (C=O) groups is 2. The second-order valence-corrected chi connectivity index (χ2v) is 5.57. The monoisotopic (exact) mass is 277 g/mol. The third-order valence-electron chi connectivity index (χ3n) is 3.28. The van der Waals surface area contributed by atoms with Crippen molar-refractivity contribution in [1.82, 2.24) is 0 Å². The molecule has 0 N–H and O–H groups in total. The molecule has 0 radical (unpaired) electrons. The lowest BCUT2D eigenvalue weighted by Gasteiger charge is -2.41. The minimum atomic E-state index is -0.965. The molecule has 20 heavy (non-hydrogen) atoms. The minimum absolute atomic E-state index is 0.0453. The van der Waals surface area contributed by atoms with Crippen molar-refractivity contribution in [3.8, 4) is 11.5 Å². The van der Waals surface area contributed by atoms with E-state index in [0.717, 1.165) is 6.29 Å². The minimum Gasteiger partial charge on any atom is -0.493 e. The molecule has 0 aliphatic carbocycles. The summed E-state index contributed by atoms with van der Waals surface area (Å²) in [5.41, 5.74) is 0.0564. The molecule has 0 unspecified atom stereocenters. The van der Waals surface area contributed by atoms with E-state index in [-0.39, 0.29) is 11.9 Å². The summed E-state index contributed by atoms with van der Waals surface area (Å²) >= 11 is 0. The molecule has 1 heterocycles. The topological polar surface area (TPSA) is 55.8 Å². The number of hydrogen-bond acceptors (Lipinski definition) is 4. The zero-order valence-electron chi connectivity index (χ0n) is 12.4. The van der Waals surface area contributed by atoms with Crippen LogP contribution in [0, 0.1) is 0 Å². The average Bonchev–Trinajstić information content (AvgIpc) is 2.38. The maximum atomic E-state index is 12.5. The molecule has 0 spiro atoms. The predicted molar refractivity (Wildman–Crippen MR) is 75.7 cm³/mol. The Balaban J connectivity index is 2.71. The molecule has 0 bridgehead atoms. The lowest BCUT2D eigenvalue weighted by Crippen LogP contribution is -2.54. The Hall–Kier alpha value is -2.04. The number of amides is 1. The molecule has 1 amide bonds. The first-order chi connectivity index (χ1) is 9.31. The Bertz CT molecular complexity index is 563. The fraction of sp³-hybridized carbons (Fsp3) is 0.467. The van der Waals surface area contributed by atoms with Gasteiger partial charge >= 0.3 is 0 Å². The predicted octanol–water partition coefficient (Wildman–Crippen LogP) is 2.42. The highest BCUT2D eigenvalue weighted by Crippen LogP contribution is 2.45. The smallest absolute Gasteiger partial charge is 0.270 e. The van der Waals surface area contributed by atoms with E-state index in [4.69, 9.17) is 9.47 Å². The molecule has 1 aromatic carbocycles. The summed E-state index contributed by atoms with van der Waals surface area (Å²) in [6, 6.07) is 3.21. The highest BCUT2D eigenvalue weighted by Gasteiger charge is 2.43. The molecule has 2 rings (SSSR count). The molecule has 0 aromatic heterocycles. The van der Waals surface area contributed by atoms with Gasteiger partial charge < -0.3 is 14.4 Å². The summed E-state index contributed by atoms with van der Waals surface area (Å²) in [5.74, 6) is 0.817. The van der Waals surface area contributed by atoms with Crippen molar-refractivity contribution in [1.29, 1.82) is 0 Å². The highest BCUT2D eigenvalue weighted by atomic mass is 16.5. The fourth-order valence-electron chi connectivity index (χ4n) is 2.32. The first kappa shape index (κ1) is 14.4. The Morgan fingerprint density at radius 2 is 2.00 bits per heavy atom. The van der Waals surface area contributed by atoms with Crippen LogP contribution in [0.15, 0.2) is 12.1 Å². The van der Waals surface area contributed by atoms with Gasteiger partial charge in [-0.2, -0.15) is 0 Å². The van der Waals surface area contributed by atoms with E-state index < -0.39 is 5.60 Å². The normalized spacial score (nSPS) is 16.7. The van der Waals surface area contributed by atoms with Gasteiger partial charge in [-0.25, -0.2) is 0 Å².